The Balaban J connectivity index is 0.00000196. The molecule has 0 spiro atoms. The van der Waals surface area contributed by atoms with Crippen LogP contribution in [0.25, 0.3) is 0 Å². The highest BCUT2D eigenvalue weighted by Gasteiger charge is 2.10. The summed E-state index contributed by atoms with van der Waals surface area (Å²) in [6.45, 7) is 3.62. The van der Waals surface area contributed by atoms with E-state index < -0.39 is 0 Å². The number of benzene rings is 2. The Kier molecular flexibility index (Phi) is 10.0. The first-order valence-electron chi connectivity index (χ1n) is 8.55. The SMILES string of the molecule is CCNCc1ccccc1NC(=O)c1ccnc(Oc2ccccc2)c1.Cl.Cl. The average molecular weight is 420 g/mol. The molecule has 0 saturated carbocycles. The lowest BCUT2D eigenvalue weighted by Gasteiger charge is -2.12. The Morgan fingerprint density at radius 2 is 1.71 bits per heavy atom. The van der Waals surface area contributed by atoms with Crippen LogP contribution in [0, 0.1) is 0 Å². The smallest absolute Gasteiger partial charge is 0.255 e. The molecule has 148 valence electrons. The van der Waals surface area contributed by atoms with E-state index in [2.05, 4.69) is 15.6 Å². The predicted molar refractivity (Wildman–Crippen MR) is 117 cm³/mol. The summed E-state index contributed by atoms with van der Waals surface area (Å²) in [5.41, 5.74) is 2.32. The van der Waals surface area contributed by atoms with Crippen molar-refractivity contribution in [2.75, 3.05) is 11.9 Å². The van der Waals surface area contributed by atoms with Crippen molar-refractivity contribution in [1.29, 1.82) is 0 Å². The molecular weight excluding hydrogens is 397 g/mol. The Morgan fingerprint density at radius 1 is 1.00 bits per heavy atom. The molecule has 0 aliphatic heterocycles. The van der Waals surface area contributed by atoms with Crippen LogP contribution < -0.4 is 15.4 Å². The highest BCUT2D eigenvalue weighted by atomic mass is 35.5. The molecule has 1 amide bonds. The molecule has 1 heterocycles. The molecule has 3 rings (SSSR count). The summed E-state index contributed by atoms with van der Waals surface area (Å²) >= 11 is 0. The summed E-state index contributed by atoms with van der Waals surface area (Å²) < 4.78 is 5.70. The number of nitrogens with zero attached hydrogens (tertiary/aromatic N) is 1. The average Bonchev–Trinajstić information content (AvgIpc) is 2.68. The third kappa shape index (κ3) is 6.53. The van der Waals surface area contributed by atoms with Gasteiger partial charge in [-0.2, -0.15) is 0 Å². The van der Waals surface area contributed by atoms with Gasteiger partial charge in [0.25, 0.3) is 5.91 Å². The predicted octanol–water partition coefficient (Wildman–Crippen LogP) is 5.08. The number of carbonyl (C=O) groups excluding carboxylic acids is 1. The molecule has 0 fully saturated rings. The molecule has 0 saturated heterocycles. The van der Waals surface area contributed by atoms with Gasteiger partial charge >= 0.3 is 0 Å². The number of halogens is 2. The number of amides is 1. The van der Waals surface area contributed by atoms with Crippen LogP contribution in [0.4, 0.5) is 5.69 Å². The van der Waals surface area contributed by atoms with Crippen molar-refractivity contribution >= 4 is 36.4 Å². The van der Waals surface area contributed by atoms with E-state index in [1.165, 1.54) is 0 Å². The Bertz CT molecular complexity index is 876. The zero-order chi connectivity index (χ0) is 18.2. The summed E-state index contributed by atoms with van der Waals surface area (Å²) in [7, 11) is 0. The molecule has 1 aromatic heterocycles. The zero-order valence-electron chi connectivity index (χ0n) is 15.4. The molecule has 0 bridgehead atoms. The number of hydrogen-bond acceptors (Lipinski definition) is 4. The third-order valence-corrected chi connectivity index (χ3v) is 3.79. The zero-order valence-corrected chi connectivity index (χ0v) is 17.1. The molecule has 28 heavy (non-hydrogen) atoms. The minimum Gasteiger partial charge on any atom is -0.439 e. The van der Waals surface area contributed by atoms with Crippen LogP contribution >= 0.6 is 24.8 Å². The van der Waals surface area contributed by atoms with Crippen molar-refractivity contribution in [2.45, 2.75) is 13.5 Å². The summed E-state index contributed by atoms with van der Waals surface area (Å²) in [5, 5.41) is 6.24. The Morgan fingerprint density at radius 3 is 2.46 bits per heavy atom. The van der Waals surface area contributed by atoms with Crippen LogP contribution in [-0.4, -0.2) is 17.4 Å². The van der Waals surface area contributed by atoms with Crippen molar-refractivity contribution in [3.63, 3.8) is 0 Å². The van der Waals surface area contributed by atoms with E-state index in [1.807, 2.05) is 61.5 Å². The number of aromatic nitrogens is 1. The molecular formula is C21H23Cl2N3O2. The van der Waals surface area contributed by atoms with Gasteiger partial charge in [-0.1, -0.05) is 43.3 Å². The maximum absolute atomic E-state index is 12.6. The Hall–Kier alpha value is -2.60. The highest BCUT2D eigenvalue weighted by Crippen LogP contribution is 2.21. The van der Waals surface area contributed by atoms with Crippen LogP contribution in [0.2, 0.25) is 0 Å². The van der Waals surface area contributed by atoms with E-state index in [4.69, 9.17) is 4.74 Å². The number of hydrogen-bond donors (Lipinski definition) is 2. The molecule has 5 nitrogen and oxygen atoms in total. The molecule has 2 aromatic carbocycles. The van der Waals surface area contributed by atoms with Gasteiger partial charge in [0.05, 0.1) is 0 Å². The number of carbonyl (C=O) groups is 1. The fraction of sp³-hybridized carbons (Fsp3) is 0.143. The van der Waals surface area contributed by atoms with Gasteiger partial charge in [-0.15, -0.1) is 24.8 Å². The monoisotopic (exact) mass is 419 g/mol. The first kappa shape index (κ1) is 23.4. The topological polar surface area (TPSA) is 63.2 Å². The van der Waals surface area contributed by atoms with Crippen LogP contribution in [-0.2, 0) is 6.54 Å². The van der Waals surface area contributed by atoms with Gasteiger partial charge in [-0.25, -0.2) is 4.98 Å². The van der Waals surface area contributed by atoms with Gasteiger partial charge in [-0.3, -0.25) is 4.79 Å². The maximum Gasteiger partial charge on any atom is 0.255 e. The van der Waals surface area contributed by atoms with Gasteiger partial charge in [0.2, 0.25) is 5.88 Å². The second-order valence-corrected chi connectivity index (χ2v) is 5.69. The van der Waals surface area contributed by atoms with E-state index >= 15 is 0 Å². The van der Waals surface area contributed by atoms with E-state index in [0.29, 0.717) is 23.7 Å². The van der Waals surface area contributed by atoms with Gasteiger partial charge in [0, 0.05) is 30.1 Å². The molecule has 2 N–H and O–H groups in total. The summed E-state index contributed by atoms with van der Waals surface area (Å²) in [6, 6.07) is 20.4. The first-order chi connectivity index (χ1) is 12.8. The van der Waals surface area contributed by atoms with E-state index in [-0.39, 0.29) is 30.7 Å². The molecule has 7 heteroatoms. The van der Waals surface area contributed by atoms with Crippen LogP contribution in [0.1, 0.15) is 22.8 Å². The number of pyridine rings is 1. The molecule has 0 aliphatic rings. The number of ether oxygens (including phenoxy) is 1. The molecule has 0 radical (unpaired) electrons. The molecule has 0 atom stereocenters. The van der Waals surface area contributed by atoms with Crippen molar-refractivity contribution in [3.05, 3.63) is 84.1 Å². The van der Waals surface area contributed by atoms with E-state index in [1.54, 1.807) is 18.3 Å². The lowest BCUT2D eigenvalue weighted by Crippen LogP contribution is -2.17. The highest BCUT2D eigenvalue weighted by molar-refractivity contribution is 6.04. The minimum absolute atomic E-state index is 0. The summed E-state index contributed by atoms with van der Waals surface area (Å²) in [4.78, 5) is 16.8. The first-order valence-corrected chi connectivity index (χ1v) is 8.55. The van der Waals surface area contributed by atoms with E-state index in [9.17, 15) is 4.79 Å². The number of rotatable bonds is 7. The summed E-state index contributed by atoms with van der Waals surface area (Å²) in [5.74, 6) is 0.854. The number of para-hydroxylation sites is 2. The fourth-order valence-corrected chi connectivity index (χ4v) is 2.47. The lowest BCUT2D eigenvalue weighted by atomic mass is 10.1. The Labute approximate surface area is 177 Å². The second-order valence-electron chi connectivity index (χ2n) is 5.69. The fourth-order valence-electron chi connectivity index (χ4n) is 2.47. The minimum atomic E-state index is -0.200. The van der Waals surface area contributed by atoms with Crippen molar-refractivity contribution in [2.24, 2.45) is 0 Å². The van der Waals surface area contributed by atoms with E-state index in [0.717, 1.165) is 17.8 Å². The number of anilines is 1. The number of nitrogens with one attached hydrogen (secondary N) is 2. The standard InChI is InChI=1S/C21H21N3O2.2ClH/c1-2-22-15-17-8-6-7-11-19(17)24-21(25)16-12-13-23-20(14-16)26-18-9-4-3-5-10-18;;/h3-14,22H,2,15H2,1H3,(H,24,25);2*1H. The lowest BCUT2D eigenvalue weighted by molar-refractivity contribution is 0.102. The van der Waals surface area contributed by atoms with Crippen LogP contribution in [0.5, 0.6) is 11.6 Å². The van der Waals surface area contributed by atoms with Gasteiger partial charge < -0.3 is 15.4 Å². The molecule has 0 aliphatic carbocycles. The molecule has 0 unspecified atom stereocenters. The van der Waals surface area contributed by atoms with Gasteiger partial charge in [0.15, 0.2) is 0 Å². The third-order valence-electron chi connectivity index (χ3n) is 3.79. The summed E-state index contributed by atoms with van der Waals surface area (Å²) in [6.07, 6.45) is 1.57. The largest absolute Gasteiger partial charge is 0.439 e. The van der Waals surface area contributed by atoms with Crippen molar-refractivity contribution < 1.29 is 9.53 Å². The van der Waals surface area contributed by atoms with Crippen LogP contribution in [0.3, 0.4) is 0 Å². The van der Waals surface area contributed by atoms with Crippen LogP contribution in [0.15, 0.2) is 72.9 Å². The second kappa shape index (κ2) is 12.0. The maximum atomic E-state index is 12.6. The normalized spacial score (nSPS) is 9.61. The van der Waals surface area contributed by atoms with Crippen molar-refractivity contribution in [3.8, 4) is 11.6 Å². The van der Waals surface area contributed by atoms with Gasteiger partial charge in [-0.05, 0) is 36.4 Å². The van der Waals surface area contributed by atoms with Crippen molar-refractivity contribution in [1.82, 2.24) is 10.3 Å². The quantitative estimate of drug-likeness (QED) is 0.560. The molecule has 3 aromatic rings. The van der Waals surface area contributed by atoms with Gasteiger partial charge in [0.1, 0.15) is 5.75 Å².